The normalized spacial score (nSPS) is 22.6. The van der Waals surface area contributed by atoms with E-state index in [-0.39, 0.29) is 5.97 Å². The minimum Gasteiger partial charge on any atom is -0.368 e. The zero-order chi connectivity index (χ0) is 10.4. The standard InChI is InChI=1S/C11H21NO2/c1-3-6-10-8-5-9-12(10)14-11(13)7-4-2/h10H,3-9H2,1-2H3/t10-/m0/s1. The van der Waals surface area contributed by atoms with E-state index in [9.17, 15) is 4.79 Å². The van der Waals surface area contributed by atoms with Gasteiger partial charge in [-0.15, -0.1) is 5.06 Å². The van der Waals surface area contributed by atoms with Crippen LogP contribution >= 0.6 is 0 Å². The molecule has 0 amide bonds. The van der Waals surface area contributed by atoms with Crippen molar-refractivity contribution in [3.05, 3.63) is 0 Å². The topological polar surface area (TPSA) is 29.5 Å². The first-order valence-electron chi connectivity index (χ1n) is 5.75. The van der Waals surface area contributed by atoms with Crippen molar-refractivity contribution in [2.45, 2.75) is 58.4 Å². The lowest BCUT2D eigenvalue weighted by Crippen LogP contribution is -2.31. The molecule has 0 aromatic carbocycles. The van der Waals surface area contributed by atoms with Crippen molar-refractivity contribution in [2.75, 3.05) is 6.54 Å². The number of carbonyl (C=O) groups excluding carboxylic acids is 1. The van der Waals surface area contributed by atoms with Crippen LogP contribution in [0.25, 0.3) is 0 Å². The number of rotatable bonds is 5. The minimum atomic E-state index is -0.0736. The van der Waals surface area contributed by atoms with Gasteiger partial charge in [-0.25, -0.2) is 0 Å². The minimum absolute atomic E-state index is 0.0736. The maximum atomic E-state index is 11.3. The van der Waals surface area contributed by atoms with Crippen LogP contribution in [0.3, 0.4) is 0 Å². The maximum Gasteiger partial charge on any atom is 0.325 e. The SMILES string of the molecule is CCCC(=O)ON1CCC[C@@H]1CCC. The van der Waals surface area contributed by atoms with Gasteiger partial charge in [0.1, 0.15) is 0 Å². The highest BCUT2D eigenvalue weighted by Crippen LogP contribution is 2.21. The van der Waals surface area contributed by atoms with Crippen LogP contribution in [0.1, 0.15) is 52.4 Å². The molecule has 1 aliphatic heterocycles. The van der Waals surface area contributed by atoms with Gasteiger partial charge in [-0.05, 0) is 25.7 Å². The summed E-state index contributed by atoms with van der Waals surface area (Å²) in [6.45, 7) is 5.08. The van der Waals surface area contributed by atoms with Crippen LogP contribution in [0.4, 0.5) is 0 Å². The van der Waals surface area contributed by atoms with E-state index < -0.39 is 0 Å². The van der Waals surface area contributed by atoms with Gasteiger partial charge in [0.05, 0.1) is 0 Å². The molecule has 1 saturated heterocycles. The van der Waals surface area contributed by atoms with E-state index in [1.54, 1.807) is 0 Å². The molecule has 1 fully saturated rings. The molecule has 1 atom stereocenters. The summed E-state index contributed by atoms with van der Waals surface area (Å²) in [5, 5.41) is 1.89. The fourth-order valence-corrected chi connectivity index (χ4v) is 1.93. The Morgan fingerprint density at radius 1 is 1.43 bits per heavy atom. The third-order valence-corrected chi connectivity index (χ3v) is 2.62. The molecule has 1 aliphatic rings. The molecule has 0 aromatic heterocycles. The summed E-state index contributed by atoms with van der Waals surface area (Å²) in [5.41, 5.74) is 0. The lowest BCUT2D eigenvalue weighted by molar-refractivity contribution is -0.195. The molecule has 0 spiro atoms. The Morgan fingerprint density at radius 2 is 2.21 bits per heavy atom. The largest absolute Gasteiger partial charge is 0.368 e. The fourth-order valence-electron chi connectivity index (χ4n) is 1.93. The highest BCUT2D eigenvalue weighted by Gasteiger charge is 2.26. The average Bonchev–Trinajstić information content (AvgIpc) is 2.54. The molecule has 0 aliphatic carbocycles. The lowest BCUT2D eigenvalue weighted by Gasteiger charge is -2.22. The molecule has 0 radical (unpaired) electrons. The molecule has 82 valence electrons. The first-order valence-corrected chi connectivity index (χ1v) is 5.75. The second kappa shape index (κ2) is 6.02. The Balaban J connectivity index is 2.31. The quantitative estimate of drug-likeness (QED) is 0.681. The molecule has 3 heteroatoms. The zero-order valence-electron chi connectivity index (χ0n) is 9.29. The molecule has 1 heterocycles. The van der Waals surface area contributed by atoms with Crippen molar-refractivity contribution in [3.8, 4) is 0 Å². The van der Waals surface area contributed by atoms with Gasteiger partial charge in [0, 0.05) is 19.0 Å². The Kier molecular flexibility index (Phi) is 4.94. The van der Waals surface area contributed by atoms with Gasteiger partial charge in [-0.1, -0.05) is 20.3 Å². The second-order valence-electron chi connectivity index (χ2n) is 3.94. The van der Waals surface area contributed by atoms with E-state index in [0.29, 0.717) is 12.5 Å². The van der Waals surface area contributed by atoms with E-state index in [1.807, 2.05) is 12.0 Å². The van der Waals surface area contributed by atoms with Gasteiger partial charge >= 0.3 is 5.97 Å². The third-order valence-electron chi connectivity index (χ3n) is 2.62. The molecular weight excluding hydrogens is 178 g/mol. The van der Waals surface area contributed by atoms with Crippen LogP contribution in [-0.4, -0.2) is 23.6 Å². The van der Waals surface area contributed by atoms with Crippen molar-refractivity contribution in [1.29, 1.82) is 0 Å². The first kappa shape index (κ1) is 11.5. The van der Waals surface area contributed by atoms with E-state index in [0.717, 1.165) is 32.2 Å². The van der Waals surface area contributed by atoms with Crippen molar-refractivity contribution in [2.24, 2.45) is 0 Å². The molecule has 0 saturated carbocycles. The van der Waals surface area contributed by atoms with Gasteiger partial charge in [0.2, 0.25) is 0 Å². The average molecular weight is 199 g/mol. The maximum absolute atomic E-state index is 11.3. The summed E-state index contributed by atoms with van der Waals surface area (Å²) < 4.78 is 0. The molecule has 0 unspecified atom stereocenters. The van der Waals surface area contributed by atoms with Crippen LogP contribution < -0.4 is 0 Å². The zero-order valence-corrected chi connectivity index (χ0v) is 9.29. The predicted octanol–water partition coefficient (Wildman–Crippen LogP) is 2.51. The van der Waals surface area contributed by atoms with Crippen molar-refractivity contribution >= 4 is 5.97 Å². The highest BCUT2D eigenvalue weighted by atomic mass is 16.7. The summed E-state index contributed by atoms with van der Waals surface area (Å²) in [6, 6.07) is 0.473. The fraction of sp³-hybridized carbons (Fsp3) is 0.909. The summed E-state index contributed by atoms with van der Waals surface area (Å²) in [7, 11) is 0. The summed E-state index contributed by atoms with van der Waals surface area (Å²) in [6.07, 6.45) is 6.03. The van der Waals surface area contributed by atoms with Gasteiger partial charge in [-0.3, -0.25) is 4.79 Å². The molecule has 14 heavy (non-hydrogen) atoms. The number of hydrogen-bond acceptors (Lipinski definition) is 3. The van der Waals surface area contributed by atoms with Crippen molar-refractivity contribution in [1.82, 2.24) is 5.06 Å². The number of carbonyl (C=O) groups is 1. The Bertz CT molecular complexity index is 182. The van der Waals surface area contributed by atoms with Gasteiger partial charge in [-0.2, -0.15) is 0 Å². The lowest BCUT2D eigenvalue weighted by atomic mass is 10.1. The Labute approximate surface area is 86.4 Å². The van der Waals surface area contributed by atoms with Gasteiger partial charge < -0.3 is 4.84 Å². The predicted molar refractivity (Wildman–Crippen MR) is 55.6 cm³/mol. The monoisotopic (exact) mass is 199 g/mol. The van der Waals surface area contributed by atoms with Crippen LogP contribution in [0.2, 0.25) is 0 Å². The molecule has 0 bridgehead atoms. The summed E-state index contributed by atoms with van der Waals surface area (Å²) in [4.78, 5) is 16.6. The first-order chi connectivity index (χ1) is 6.77. The highest BCUT2D eigenvalue weighted by molar-refractivity contribution is 5.68. The van der Waals surface area contributed by atoms with Crippen LogP contribution in [-0.2, 0) is 9.63 Å². The van der Waals surface area contributed by atoms with Crippen molar-refractivity contribution in [3.63, 3.8) is 0 Å². The van der Waals surface area contributed by atoms with E-state index in [4.69, 9.17) is 4.84 Å². The Morgan fingerprint density at radius 3 is 2.86 bits per heavy atom. The Hall–Kier alpha value is -0.570. The van der Waals surface area contributed by atoms with E-state index in [2.05, 4.69) is 6.92 Å². The van der Waals surface area contributed by atoms with Gasteiger partial charge in [0.15, 0.2) is 0 Å². The van der Waals surface area contributed by atoms with E-state index in [1.165, 1.54) is 6.42 Å². The van der Waals surface area contributed by atoms with Crippen LogP contribution in [0.5, 0.6) is 0 Å². The third kappa shape index (κ3) is 3.29. The second-order valence-corrected chi connectivity index (χ2v) is 3.94. The molecule has 0 N–H and O–H groups in total. The summed E-state index contributed by atoms with van der Waals surface area (Å²) in [5.74, 6) is -0.0736. The smallest absolute Gasteiger partial charge is 0.325 e. The van der Waals surface area contributed by atoms with Crippen LogP contribution in [0, 0.1) is 0 Å². The number of hydrogen-bond donors (Lipinski definition) is 0. The summed E-state index contributed by atoms with van der Waals surface area (Å²) >= 11 is 0. The molecule has 1 rings (SSSR count). The number of hydroxylamine groups is 2. The molecule has 0 aromatic rings. The number of nitrogens with zero attached hydrogens (tertiary/aromatic N) is 1. The van der Waals surface area contributed by atoms with Crippen molar-refractivity contribution < 1.29 is 9.63 Å². The van der Waals surface area contributed by atoms with Gasteiger partial charge in [0.25, 0.3) is 0 Å². The van der Waals surface area contributed by atoms with Crippen LogP contribution in [0.15, 0.2) is 0 Å². The van der Waals surface area contributed by atoms with E-state index >= 15 is 0 Å². The molecular formula is C11H21NO2. The molecule has 3 nitrogen and oxygen atoms in total.